The van der Waals surface area contributed by atoms with Gasteiger partial charge in [0.1, 0.15) is 11.6 Å². The molecule has 22 heavy (non-hydrogen) atoms. The molecule has 1 aromatic carbocycles. The summed E-state index contributed by atoms with van der Waals surface area (Å²) in [5, 5.41) is 2.71. The molecular formula is C17H19N3O2. The summed E-state index contributed by atoms with van der Waals surface area (Å²) in [4.78, 5) is 15.9. The van der Waals surface area contributed by atoms with E-state index < -0.39 is 0 Å². The summed E-state index contributed by atoms with van der Waals surface area (Å²) in [7, 11) is 0. The van der Waals surface area contributed by atoms with Crippen molar-refractivity contribution in [3.8, 4) is 5.75 Å². The highest BCUT2D eigenvalue weighted by atomic mass is 16.5. The van der Waals surface area contributed by atoms with Gasteiger partial charge in [-0.3, -0.25) is 4.79 Å². The molecule has 1 heterocycles. The number of nitrogen functional groups attached to an aromatic ring is 1. The average molecular weight is 297 g/mol. The van der Waals surface area contributed by atoms with Crippen molar-refractivity contribution in [2.45, 2.75) is 13.8 Å². The Morgan fingerprint density at radius 2 is 2.18 bits per heavy atom. The molecule has 0 spiro atoms. The minimum Gasteiger partial charge on any atom is -0.492 e. The second-order valence-corrected chi connectivity index (χ2v) is 4.77. The van der Waals surface area contributed by atoms with E-state index in [2.05, 4.69) is 10.3 Å². The number of carbonyl (C=O) groups is 1. The molecule has 0 radical (unpaired) electrons. The number of nitrogens with two attached hydrogens (primary N) is 1. The van der Waals surface area contributed by atoms with Crippen LogP contribution in [0.5, 0.6) is 5.75 Å². The number of hydrogen-bond acceptors (Lipinski definition) is 4. The lowest BCUT2D eigenvalue weighted by atomic mass is 10.1. The molecule has 3 N–H and O–H groups in total. The van der Waals surface area contributed by atoms with Crippen molar-refractivity contribution >= 4 is 23.5 Å². The minimum atomic E-state index is -0.245. The van der Waals surface area contributed by atoms with Crippen LogP contribution in [0.3, 0.4) is 0 Å². The number of anilines is 2. The lowest BCUT2D eigenvalue weighted by Crippen LogP contribution is -2.09. The van der Waals surface area contributed by atoms with Gasteiger partial charge in [0, 0.05) is 12.3 Å². The molecule has 5 nitrogen and oxygen atoms in total. The van der Waals surface area contributed by atoms with Crippen LogP contribution in [0.2, 0.25) is 0 Å². The van der Waals surface area contributed by atoms with Crippen molar-refractivity contribution in [2.24, 2.45) is 0 Å². The first kappa shape index (κ1) is 15.6. The third kappa shape index (κ3) is 4.34. The summed E-state index contributed by atoms with van der Waals surface area (Å²) in [6, 6.07) is 9.07. The van der Waals surface area contributed by atoms with Gasteiger partial charge in [-0.1, -0.05) is 6.07 Å². The summed E-state index contributed by atoms with van der Waals surface area (Å²) >= 11 is 0. The standard InChI is InChI=1S/C17H19N3O2/c1-3-22-15-6-4-13(11-14(15)18)5-7-17(21)20-16-10-12(2)8-9-19-16/h4-11H,3,18H2,1-2H3,(H,19,20,21)/b7-5-. The molecule has 0 aliphatic rings. The van der Waals surface area contributed by atoms with Crippen molar-refractivity contribution in [3.63, 3.8) is 0 Å². The molecule has 0 saturated heterocycles. The molecule has 0 bridgehead atoms. The van der Waals surface area contributed by atoms with E-state index in [0.29, 0.717) is 23.9 Å². The summed E-state index contributed by atoms with van der Waals surface area (Å²) < 4.78 is 5.37. The van der Waals surface area contributed by atoms with Crippen LogP contribution >= 0.6 is 0 Å². The van der Waals surface area contributed by atoms with E-state index in [1.807, 2.05) is 26.0 Å². The van der Waals surface area contributed by atoms with Gasteiger partial charge in [-0.25, -0.2) is 4.98 Å². The van der Waals surface area contributed by atoms with Crippen LogP contribution in [0.1, 0.15) is 18.1 Å². The van der Waals surface area contributed by atoms with Gasteiger partial charge in [0.05, 0.1) is 12.3 Å². The van der Waals surface area contributed by atoms with Gasteiger partial charge in [0.2, 0.25) is 5.91 Å². The molecule has 0 unspecified atom stereocenters. The number of aromatic nitrogens is 1. The predicted octanol–water partition coefficient (Wildman–Crippen LogP) is 3.02. The topological polar surface area (TPSA) is 77.2 Å². The number of carbonyl (C=O) groups excluding carboxylic acids is 1. The molecule has 0 atom stereocenters. The van der Waals surface area contributed by atoms with Gasteiger partial charge in [-0.2, -0.15) is 0 Å². The van der Waals surface area contributed by atoms with Gasteiger partial charge >= 0.3 is 0 Å². The Kier molecular flexibility index (Phi) is 5.14. The molecule has 0 aliphatic carbocycles. The lowest BCUT2D eigenvalue weighted by molar-refractivity contribution is -0.111. The maximum absolute atomic E-state index is 11.9. The van der Waals surface area contributed by atoms with E-state index in [1.165, 1.54) is 6.08 Å². The largest absolute Gasteiger partial charge is 0.492 e. The molecule has 0 saturated carbocycles. The molecule has 1 aromatic heterocycles. The normalized spacial score (nSPS) is 10.6. The zero-order valence-electron chi connectivity index (χ0n) is 12.7. The molecule has 2 aromatic rings. The summed E-state index contributed by atoms with van der Waals surface area (Å²) in [6.07, 6.45) is 4.79. The van der Waals surface area contributed by atoms with Gasteiger partial charge in [-0.05, 0) is 55.3 Å². The first-order valence-electron chi connectivity index (χ1n) is 7.02. The second-order valence-electron chi connectivity index (χ2n) is 4.77. The number of aryl methyl sites for hydroxylation is 1. The maximum atomic E-state index is 11.9. The van der Waals surface area contributed by atoms with Crippen LogP contribution in [0, 0.1) is 6.92 Å². The molecule has 114 valence electrons. The van der Waals surface area contributed by atoms with E-state index in [9.17, 15) is 4.79 Å². The van der Waals surface area contributed by atoms with Crippen molar-refractivity contribution < 1.29 is 9.53 Å². The fourth-order valence-corrected chi connectivity index (χ4v) is 1.90. The average Bonchev–Trinajstić information content (AvgIpc) is 2.48. The molecule has 2 rings (SSSR count). The van der Waals surface area contributed by atoms with Crippen LogP contribution < -0.4 is 15.8 Å². The van der Waals surface area contributed by atoms with Gasteiger partial charge in [-0.15, -0.1) is 0 Å². The fourth-order valence-electron chi connectivity index (χ4n) is 1.90. The zero-order valence-corrected chi connectivity index (χ0v) is 12.7. The highest BCUT2D eigenvalue weighted by Crippen LogP contribution is 2.23. The molecule has 5 heteroatoms. The third-order valence-corrected chi connectivity index (χ3v) is 2.93. The Morgan fingerprint density at radius 1 is 1.36 bits per heavy atom. The Labute approximate surface area is 129 Å². The quantitative estimate of drug-likeness (QED) is 0.657. The second kappa shape index (κ2) is 7.26. The number of rotatable bonds is 5. The third-order valence-electron chi connectivity index (χ3n) is 2.93. The van der Waals surface area contributed by atoms with Crippen molar-refractivity contribution in [1.29, 1.82) is 0 Å². The molecule has 0 fully saturated rings. The number of nitrogens with zero attached hydrogens (tertiary/aromatic N) is 1. The zero-order chi connectivity index (χ0) is 15.9. The first-order chi connectivity index (χ1) is 10.6. The number of ether oxygens (including phenoxy) is 1. The minimum absolute atomic E-state index is 0.245. The van der Waals surface area contributed by atoms with E-state index in [-0.39, 0.29) is 5.91 Å². The summed E-state index contributed by atoms with van der Waals surface area (Å²) in [6.45, 7) is 4.40. The van der Waals surface area contributed by atoms with Gasteiger partial charge < -0.3 is 15.8 Å². The Bertz CT molecular complexity index is 696. The van der Waals surface area contributed by atoms with E-state index >= 15 is 0 Å². The first-order valence-corrected chi connectivity index (χ1v) is 7.02. The van der Waals surface area contributed by atoms with Crippen molar-refractivity contribution in [2.75, 3.05) is 17.7 Å². The van der Waals surface area contributed by atoms with Crippen LogP contribution in [-0.4, -0.2) is 17.5 Å². The molecule has 1 amide bonds. The number of hydrogen-bond donors (Lipinski definition) is 2. The lowest BCUT2D eigenvalue weighted by Gasteiger charge is -2.07. The van der Waals surface area contributed by atoms with E-state index in [1.54, 1.807) is 30.5 Å². The number of pyridine rings is 1. The monoisotopic (exact) mass is 297 g/mol. The van der Waals surface area contributed by atoms with Crippen LogP contribution in [0.15, 0.2) is 42.6 Å². The Balaban J connectivity index is 2.02. The van der Waals surface area contributed by atoms with E-state index in [0.717, 1.165) is 11.1 Å². The maximum Gasteiger partial charge on any atom is 0.249 e. The number of amides is 1. The van der Waals surface area contributed by atoms with Crippen molar-refractivity contribution in [3.05, 3.63) is 53.7 Å². The highest BCUT2D eigenvalue weighted by Gasteiger charge is 2.01. The summed E-state index contributed by atoms with van der Waals surface area (Å²) in [5.74, 6) is 0.930. The Morgan fingerprint density at radius 3 is 2.86 bits per heavy atom. The van der Waals surface area contributed by atoms with Crippen LogP contribution in [0.4, 0.5) is 11.5 Å². The highest BCUT2D eigenvalue weighted by molar-refractivity contribution is 6.01. The number of benzene rings is 1. The fraction of sp³-hybridized carbons (Fsp3) is 0.176. The van der Waals surface area contributed by atoms with E-state index in [4.69, 9.17) is 10.5 Å². The predicted molar refractivity (Wildman–Crippen MR) is 88.7 cm³/mol. The van der Waals surface area contributed by atoms with Gasteiger partial charge in [0.25, 0.3) is 0 Å². The smallest absolute Gasteiger partial charge is 0.249 e. The van der Waals surface area contributed by atoms with Crippen LogP contribution in [0.25, 0.3) is 6.08 Å². The molecule has 0 aliphatic heterocycles. The summed E-state index contributed by atoms with van der Waals surface area (Å²) in [5.41, 5.74) is 8.29. The number of nitrogens with one attached hydrogen (secondary N) is 1. The Hall–Kier alpha value is -2.82. The van der Waals surface area contributed by atoms with Gasteiger partial charge in [0.15, 0.2) is 0 Å². The van der Waals surface area contributed by atoms with Crippen molar-refractivity contribution in [1.82, 2.24) is 4.98 Å². The van der Waals surface area contributed by atoms with Crippen LogP contribution in [-0.2, 0) is 4.79 Å². The molecular weight excluding hydrogens is 278 g/mol. The SMILES string of the molecule is CCOc1ccc(/C=C\C(=O)Nc2cc(C)ccn2)cc1N.